The Morgan fingerprint density at radius 1 is 1.17 bits per heavy atom. The SMILES string of the molecule is COc1cccc2c1CCN2C(=O)C12C[C@H](C)C[C@H](C[C@H](C)C1)C2. The molecule has 24 heavy (non-hydrogen) atoms. The van der Waals surface area contributed by atoms with Crippen molar-refractivity contribution in [3.8, 4) is 5.75 Å². The van der Waals surface area contributed by atoms with Crippen molar-refractivity contribution in [2.75, 3.05) is 18.6 Å². The molecule has 1 aromatic carbocycles. The zero-order valence-electron chi connectivity index (χ0n) is 15.2. The first kappa shape index (κ1) is 16.0. The van der Waals surface area contributed by atoms with Gasteiger partial charge in [0.1, 0.15) is 5.75 Å². The second-order valence-corrected chi connectivity index (χ2v) is 8.61. The molecule has 1 amide bonds. The average molecular weight is 327 g/mol. The van der Waals surface area contributed by atoms with Gasteiger partial charge in [0.25, 0.3) is 0 Å². The molecule has 0 spiro atoms. The summed E-state index contributed by atoms with van der Waals surface area (Å²) >= 11 is 0. The zero-order valence-corrected chi connectivity index (χ0v) is 15.2. The monoisotopic (exact) mass is 327 g/mol. The molecule has 2 aliphatic carbocycles. The van der Waals surface area contributed by atoms with Crippen LogP contribution < -0.4 is 9.64 Å². The number of amides is 1. The number of carbonyl (C=O) groups is 1. The molecule has 3 aliphatic rings. The Hall–Kier alpha value is -1.51. The lowest BCUT2D eigenvalue weighted by Gasteiger charge is -2.50. The summed E-state index contributed by atoms with van der Waals surface area (Å²) in [4.78, 5) is 15.7. The fraction of sp³-hybridized carbons (Fsp3) is 0.667. The van der Waals surface area contributed by atoms with Crippen LogP contribution in [0.25, 0.3) is 0 Å². The molecule has 1 aromatic rings. The number of hydrogen-bond donors (Lipinski definition) is 0. The van der Waals surface area contributed by atoms with Crippen LogP contribution in [-0.2, 0) is 11.2 Å². The molecule has 2 saturated carbocycles. The lowest BCUT2D eigenvalue weighted by atomic mass is 9.56. The molecule has 4 rings (SSSR count). The predicted octanol–water partition coefficient (Wildman–Crippen LogP) is 4.44. The van der Waals surface area contributed by atoms with E-state index in [1.165, 1.54) is 18.4 Å². The van der Waals surface area contributed by atoms with Gasteiger partial charge in [-0.25, -0.2) is 0 Å². The Kier molecular flexibility index (Phi) is 3.85. The lowest BCUT2D eigenvalue weighted by molar-refractivity contribution is -0.136. The van der Waals surface area contributed by atoms with E-state index in [0.717, 1.165) is 49.6 Å². The summed E-state index contributed by atoms with van der Waals surface area (Å²) in [6.07, 6.45) is 6.78. The van der Waals surface area contributed by atoms with Crippen molar-refractivity contribution >= 4 is 11.6 Å². The van der Waals surface area contributed by atoms with Crippen molar-refractivity contribution in [3.05, 3.63) is 23.8 Å². The van der Waals surface area contributed by atoms with Gasteiger partial charge in [-0.15, -0.1) is 0 Å². The summed E-state index contributed by atoms with van der Waals surface area (Å²) < 4.78 is 5.51. The minimum absolute atomic E-state index is 0.120. The summed E-state index contributed by atoms with van der Waals surface area (Å²) in [5.74, 6) is 3.40. The molecule has 0 aromatic heterocycles. The van der Waals surface area contributed by atoms with E-state index in [9.17, 15) is 4.79 Å². The zero-order chi connectivity index (χ0) is 16.9. The van der Waals surface area contributed by atoms with Crippen LogP contribution in [0.15, 0.2) is 18.2 Å². The van der Waals surface area contributed by atoms with Crippen molar-refractivity contribution in [3.63, 3.8) is 0 Å². The highest BCUT2D eigenvalue weighted by Gasteiger charge is 2.51. The minimum atomic E-state index is -0.120. The molecule has 3 heteroatoms. The fourth-order valence-electron chi connectivity index (χ4n) is 6.06. The standard InChI is InChI=1S/C21H29NO2/c1-14-9-16-10-15(2)12-21(11-14,13-16)20(23)22-8-7-17-18(22)5-4-6-19(17)24-3/h4-6,14-16H,7-13H2,1-3H3/t14-,15+,16-,21?. The molecule has 1 aliphatic heterocycles. The normalized spacial score (nSPS) is 34.8. The van der Waals surface area contributed by atoms with Crippen LogP contribution in [-0.4, -0.2) is 19.6 Å². The molecule has 4 atom stereocenters. The maximum atomic E-state index is 13.7. The van der Waals surface area contributed by atoms with Gasteiger partial charge in [0.2, 0.25) is 5.91 Å². The van der Waals surface area contributed by atoms with Crippen LogP contribution in [0.3, 0.4) is 0 Å². The third-order valence-electron chi connectivity index (χ3n) is 6.53. The predicted molar refractivity (Wildman–Crippen MR) is 96.4 cm³/mol. The minimum Gasteiger partial charge on any atom is -0.496 e. The van der Waals surface area contributed by atoms with Crippen molar-refractivity contribution in [2.45, 2.75) is 52.4 Å². The van der Waals surface area contributed by atoms with Crippen molar-refractivity contribution < 1.29 is 9.53 Å². The van der Waals surface area contributed by atoms with Gasteiger partial charge in [-0.2, -0.15) is 0 Å². The number of fused-ring (bicyclic) bond motifs is 3. The van der Waals surface area contributed by atoms with E-state index >= 15 is 0 Å². The number of benzene rings is 1. The first-order chi connectivity index (χ1) is 11.5. The topological polar surface area (TPSA) is 29.5 Å². The number of nitrogens with zero attached hydrogens (tertiary/aromatic N) is 1. The van der Waals surface area contributed by atoms with Gasteiger partial charge < -0.3 is 9.64 Å². The quantitative estimate of drug-likeness (QED) is 0.804. The Morgan fingerprint density at radius 3 is 2.54 bits per heavy atom. The first-order valence-electron chi connectivity index (χ1n) is 9.50. The molecule has 2 bridgehead atoms. The molecule has 0 N–H and O–H groups in total. The first-order valence-corrected chi connectivity index (χ1v) is 9.50. The van der Waals surface area contributed by atoms with E-state index in [1.54, 1.807) is 7.11 Å². The van der Waals surface area contributed by atoms with Gasteiger partial charge in [0.15, 0.2) is 0 Å². The Balaban J connectivity index is 1.67. The number of ether oxygens (including phenoxy) is 1. The molecule has 2 fully saturated rings. The highest BCUT2D eigenvalue weighted by molar-refractivity contribution is 6.00. The van der Waals surface area contributed by atoms with Crippen LogP contribution in [0.4, 0.5) is 5.69 Å². The summed E-state index contributed by atoms with van der Waals surface area (Å²) in [7, 11) is 1.72. The number of rotatable bonds is 2. The lowest BCUT2D eigenvalue weighted by Crippen LogP contribution is -2.50. The van der Waals surface area contributed by atoms with E-state index < -0.39 is 0 Å². The molecule has 3 nitrogen and oxygen atoms in total. The molecule has 0 saturated heterocycles. The van der Waals surface area contributed by atoms with Gasteiger partial charge in [-0.3, -0.25) is 4.79 Å². The van der Waals surface area contributed by atoms with Crippen molar-refractivity contribution in [1.82, 2.24) is 0 Å². The van der Waals surface area contributed by atoms with E-state index in [-0.39, 0.29) is 5.41 Å². The molecular formula is C21H29NO2. The molecule has 130 valence electrons. The summed E-state index contributed by atoms with van der Waals surface area (Å²) in [5.41, 5.74) is 2.17. The smallest absolute Gasteiger partial charge is 0.233 e. The molecular weight excluding hydrogens is 298 g/mol. The van der Waals surface area contributed by atoms with Gasteiger partial charge in [0, 0.05) is 12.1 Å². The van der Waals surface area contributed by atoms with E-state index in [2.05, 4.69) is 24.8 Å². The molecule has 0 radical (unpaired) electrons. The van der Waals surface area contributed by atoms with Crippen LogP contribution in [0.5, 0.6) is 5.75 Å². The Bertz CT molecular complexity index is 634. The Morgan fingerprint density at radius 2 is 1.88 bits per heavy atom. The number of anilines is 1. The summed E-state index contributed by atoms with van der Waals surface area (Å²) in [6.45, 7) is 5.49. The number of methoxy groups -OCH3 is 1. The fourth-order valence-corrected chi connectivity index (χ4v) is 6.06. The van der Waals surface area contributed by atoms with Crippen molar-refractivity contribution in [1.29, 1.82) is 0 Å². The van der Waals surface area contributed by atoms with Crippen LogP contribution in [0.2, 0.25) is 0 Å². The number of carbonyl (C=O) groups excluding carboxylic acids is 1. The molecule has 1 unspecified atom stereocenters. The highest BCUT2D eigenvalue weighted by atomic mass is 16.5. The second kappa shape index (κ2) is 5.79. The largest absolute Gasteiger partial charge is 0.496 e. The third kappa shape index (κ3) is 2.44. The maximum Gasteiger partial charge on any atom is 0.233 e. The van der Waals surface area contributed by atoms with Crippen LogP contribution in [0.1, 0.15) is 51.5 Å². The van der Waals surface area contributed by atoms with Crippen molar-refractivity contribution in [2.24, 2.45) is 23.2 Å². The van der Waals surface area contributed by atoms with E-state index in [4.69, 9.17) is 4.74 Å². The average Bonchev–Trinajstić information content (AvgIpc) is 2.96. The van der Waals surface area contributed by atoms with Gasteiger partial charge in [-0.1, -0.05) is 19.9 Å². The van der Waals surface area contributed by atoms with Crippen LogP contribution >= 0.6 is 0 Å². The maximum absolute atomic E-state index is 13.7. The van der Waals surface area contributed by atoms with Gasteiger partial charge >= 0.3 is 0 Å². The van der Waals surface area contributed by atoms with E-state index in [0.29, 0.717) is 17.7 Å². The highest BCUT2D eigenvalue weighted by Crippen LogP contribution is 2.54. The number of hydrogen-bond acceptors (Lipinski definition) is 2. The van der Waals surface area contributed by atoms with Gasteiger partial charge in [0.05, 0.1) is 18.2 Å². The molecule has 1 heterocycles. The third-order valence-corrected chi connectivity index (χ3v) is 6.53. The summed E-state index contributed by atoms with van der Waals surface area (Å²) in [6, 6.07) is 6.11. The second-order valence-electron chi connectivity index (χ2n) is 8.61. The van der Waals surface area contributed by atoms with E-state index in [1.807, 2.05) is 12.1 Å². The van der Waals surface area contributed by atoms with Gasteiger partial charge in [-0.05, 0) is 68.4 Å². The van der Waals surface area contributed by atoms with Crippen LogP contribution in [0, 0.1) is 23.2 Å². The Labute approximate surface area is 145 Å². The summed E-state index contributed by atoms with van der Waals surface area (Å²) in [5, 5.41) is 0.